The van der Waals surface area contributed by atoms with Crippen molar-refractivity contribution in [1.29, 1.82) is 0 Å². The van der Waals surface area contributed by atoms with Crippen LogP contribution in [0, 0.1) is 0 Å². The lowest BCUT2D eigenvalue weighted by Crippen LogP contribution is -2.26. The minimum absolute atomic E-state index is 0.0394. The van der Waals surface area contributed by atoms with Crippen molar-refractivity contribution in [2.45, 2.75) is 11.6 Å². The molecule has 2 aromatic carbocycles. The van der Waals surface area contributed by atoms with Gasteiger partial charge in [0.1, 0.15) is 12.2 Å². The molecule has 102 valence electrons. The molecular weight excluding hydrogens is 276 g/mol. The van der Waals surface area contributed by atoms with Crippen molar-refractivity contribution < 1.29 is 8.42 Å². The van der Waals surface area contributed by atoms with E-state index in [1.165, 1.54) is 4.68 Å². The van der Waals surface area contributed by atoms with Gasteiger partial charge in [0.15, 0.2) is 0 Å². The van der Waals surface area contributed by atoms with Crippen LogP contribution in [-0.4, -0.2) is 23.4 Å². The molecule has 0 spiro atoms. The van der Waals surface area contributed by atoms with E-state index in [1.54, 1.807) is 30.3 Å². The Morgan fingerprint density at radius 3 is 2.50 bits per heavy atom. The van der Waals surface area contributed by atoms with Gasteiger partial charge in [-0.25, -0.2) is 13.1 Å². The lowest BCUT2D eigenvalue weighted by Gasteiger charge is -2.06. The van der Waals surface area contributed by atoms with E-state index in [-0.39, 0.29) is 11.6 Å². The van der Waals surface area contributed by atoms with Crippen molar-refractivity contribution in [3.63, 3.8) is 0 Å². The van der Waals surface area contributed by atoms with Crippen molar-refractivity contribution in [3.8, 4) is 0 Å². The smallest absolute Gasteiger partial charge is 0.230 e. The lowest BCUT2D eigenvalue weighted by molar-refractivity contribution is 0.542. The van der Waals surface area contributed by atoms with E-state index < -0.39 is 10.0 Å². The normalized spacial score (nSPS) is 11.8. The second-order valence-electron chi connectivity index (χ2n) is 4.20. The second-order valence-corrected chi connectivity index (χ2v) is 5.96. The summed E-state index contributed by atoms with van der Waals surface area (Å²) in [5.41, 5.74) is 1.51. The zero-order valence-electron chi connectivity index (χ0n) is 10.5. The Morgan fingerprint density at radius 2 is 1.70 bits per heavy atom. The maximum absolute atomic E-state index is 12.1. The topological polar surface area (TPSA) is 76.9 Å². The molecule has 0 radical (unpaired) electrons. The Kier molecular flexibility index (Phi) is 3.21. The maximum Gasteiger partial charge on any atom is 0.242 e. The van der Waals surface area contributed by atoms with Gasteiger partial charge in [-0.3, -0.25) is 0 Å². The van der Waals surface area contributed by atoms with Gasteiger partial charge in [-0.05, 0) is 24.3 Å². The molecule has 3 aromatic rings. The van der Waals surface area contributed by atoms with Crippen LogP contribution in [0.4, 0.5) is 0 Å². The largest absolute Gasteiger partial charge is 0.242 e. The van der Waals surface area contributed by atoms with Crippen LogP contribution < -0.4 is 4.72 Å². The highest BCUT2D eigenvalue weighted by atomic mass is 32.2. The molecule has 0 bridgehead atoms. The fourth-order valence-electron chi connectivity index (χ4n) is 1.86. The molecule has 0 aliphatic heterocycles. The van der Waals surface area contributed by atoms with Crippen molar-refractivity contribution in [2.75, 3.05) is 0 Å². The average molecular weight is 288 g/mol. The van der Waals surface area contributed by atoms with Crippen LogP contribution >= 0.6 is 0 Å². The quantitative estimate of drug-likeness (QED) is 0.786. The van der Waals surface area contributed by atoms with Crippen LogP contribution in [0.1, 0.15) is 0 Å². The van der Waals surface area contributed by atoms with E-state index >= 15 is 0 Å². The first-order valence-electron chi connectivity index (χ1n) is 6.00. The molecule has 0 unspecified atom stereocenters. The van der Waals surface area contributed by atoms with Gasteiger partial charge >= 0.3 is 0 Å². The summed E-state index contributed by atoms with van der Waals surface area (Å²) in [5, 5.41) is 7.90. The molecule has 0 aliphatic rings. The number of sulfonamides is 1. The predicted octanol–water partition coefficient (Wildman–Crippen LogP) is 1.37. The SMILES string of the molecule is O=S(=O)(NCn1nnc2ccccc21)c1ccccc1. The number of fused-ring (bicyclic) bond motifs is 1. The molecule has 0 atom stereocenters. The molecule has 6 nitrogen and oxygen atoms in total. The third-order valence-corrected chi connectivity index (χ3v) is 4.28. The van der Waals surface area contributed by atoms with Crippen LogP contribution in [0.25, 0.3) is 11.0 Å². The number of rotatable bonds is 4. The number of para-hydroxylation sites is 1. The van der Waals surface area contributed by atoms with Crippen molar-refractivity contribution in [2.24, 2.45) is 0 Å². The number of hydrogen-bond donors (Lipinski definition) is 1. The van der Waals surface area contributed by atoms with E-state index in [2.05, 4.69) is 15.0 Å². The average Bonchev–Trinajstić information content (AvgIpc) is 2.89. The van der Waals surface area contributed by atoms with E-state index in [0.29, 0.717) is 0 Å². The summed E-state index contributed by atoms with van der Waals surface area (Å²) >= 11 is 0. The summed E-state index contributed by atoms with van der Waals surface area (Å²) in [5.74, 6) is 0. The molecule has 1 N–H and O–H groups in total. The highest BCUT2D eigenvalue weighted by Crippen LogP contribution is 2.10. The summed E-state index contributed by atoms with van der Waals surface area (Å²) in [6.45, 7) is 0.0394. The van der Waals surface area contributed by atoms with Gasteiger partial charge in [0.2, 0.25) is 10.0 Å². The van der Waals surface area contributed by atoms with Gasteiger partial charge in [-0.2, -0.15) is 4.72 Å². The highest BCUT2D eigenvalue weighted by Gasteiger charge is 2.13. The fraction of sp³-hybridized carbons (Fsp3) is 0.0769. The van der Waals surface area contributed by atoms with Crippen molar-refractivity contribution in [3.05, 3.63) is 54.6 Å². The van der Waals surface area contributed by atoms with Crippen molar-refractivity contribution in [1.82, 2.24) is 19.7 Å². The van der Waals surface area contributed by atoms with Gasteiger partial charge in [0.25, 0.3) is 0 Å². The van der Waals surface area contributed by atoms with E-state index in [4.69, 9.17) is 0 Å². The third-order valence-electron chi connectivity index (χ3n) is 2.88. The number of benzene rings is 2. The van der Waals surface area contributed by atoms with Crippen LogP contribution in [0.5, 0.6) is 0 Å². The molecule has 20 heavy (non-hydrogen) atoms. The highest BCUT2D eigenvalue weighted by molar-refractivity contribution is 7.89. The second kappa shape index (κ2) is 5.03. The standard InChI is InChI=1S/C13H12N4O2S/c18-20(19,11-6-2-1-3-7-11)14-10-17-13-9-5-4-8-12(13)15-16-17/h1-9,14H,10H2. The molecule has 0 fully saturated rings. The van der Waals surface area contributed by atoms with Crippen LogP contribution in [-0.2, 0) is 16.7 Å². The summed E-state index contributed by atoms with van der Waals surface area (Å²) in [7, 11) is -3.54. The molecule has 3 rings (SSSR count). The Bertz CT molecular complexity index is 828. The van der Waals surface area contributed by atoms with Crippen LogP contribution in [0.2, 0.25) is 0 Å². The summed E-state index contributed by atoms with van der Waals surface area (Å²) < 4.78 is 28.2. The first-order chi connectivity index (χ1) is 9.67. The third kappa shape index (κ3) is 2.40. The number of nitrogens with one attached hydrogen (secondary N) is 1. The van der Waals surface area contributed by atoms with Gasteiger partial charge in [-0.1, -0.05) is 35.5 Å². The predicted molar refractivity (Wildman–Crippen MR) is 74.3 cm³/mol. The molecule has 0 saturated carbocycles. The molecule has 0 aliphatic carbocycles. The van der Waals surface area contributed by atoms with E-state index in [0.717, 1.165) is 11.0 Å². The minimum atomic E-state index is -3.54. The molecular formula is C13H12N4O2S. The van der Waals surface area contributed by atoms with Gasteiger partial charge in [0, 0.05) is 0 Å². The van der Waals surface area contributed by atoms with E-state index in [9.17, 15) is 8.42 Å². The molecule has 7 heteroatoms. The Labute approximate surface area is 116 Å². The van der Waals surface area contributed by atoms with E-state index in [1.807, 2.05) is 24.3 Å². The zero-order valence-corrected chi connectivity index (χ0v) is 11.3. The van der Waals surface area contributed by atoms with Crippen LogP contribution in [0.15, 0.2) is 59.5 Å². The van der Waals surface area contributed by atoms with Gasteiger partial charge < -0.3 is 0 Å². The van der Waals surface area contributed by atoms with Gasteiger partial charge in [-0.15, -0.1) is 5.10 Å². The lowest BCUT2D eigenvalue weighted by atomic mass is 10.3. The molecule has 0 saturated heterocycles. The number of aromatic nitrogens is 3. The van der Waals surface area contributed by atoms with Crippen LogP contribution in [0.3, 0.4) is 0 Å². The van der Waals surface area contributed by atoms with Crippen molar-refractivity contribution >= 4 is 21.1 Å². The molecule has 0 amide bonds. The number of nitrogens with zero attached hydrogens (tertiary/aromatic N) is 3. The Morgan fingerprint density at radius 1 is 1.00 bits per heavy atom. The summed E-state index contributed by atoms with van der Waals surface area (Å²) in [6.07, 6.45) is 0. The summed E-state index contributed by atoms with van der Waals surface area (Å²) in [6, 6.07) is 15.6. The molecule has 1 aromatic heterocycles. The summed E-state index contributed by atoms with van der Waals surface area (Å²) in [4.78, 5) is 0.226. The van der Waals surface area contributed by atoms with Gasteiger partial charge in [0.05, 0.1) is 10.4 Å². The first-order valence-corrected chi connectivity index (χ1v) is 7.48. The first kappa shape index (κ1) is 12.8. The molecule has 1 heterocycles. The number of hydrogen-bond acceptors (Lipinski definition) is 4. The zero-order chi connectivity index (χ0) is 14.0. The Balaban J connectivity index is 1.83. The minimum Gasteiger partial charge on any atom is -0.230 e. The fourth-order valence-corrected chi connectivity index (χ4v) is 2.84. The monoisotopic (exact) mass is 288 g/mol. The maximum atomic E-state index is 12.1. The Hall–Kier alpha value is -2.25.